The molecule has 2 N–H and O–H groups in total. The smallest absolute Gasteiger partial charge is 0.222 e. The zero-order valence-electron chi connectivity index (χ0n) is 11.2. The fourth-order valence-electron chi connectivity index (χ4n) is 2.22. The van der Waals surface area contributed by atoms with Crippen molar-refractivity contribution >= 4 is 16.9 Å². The number of nitrogens with one attached hydrogen (secondary N) is 2. The van der Waals surface area contributed by atoms with E-state index in [4.69, 9.17) is 0 Å². The van der Waals surface area contributed by atoms with Gasteiger partial charge in [0.05, 0.1) is 12.4 Å². The Kier molecular flexibility index (Phi) is 3.33. The van der Waals surface area contributed by atoms with Crippen molar-refractivity contribution in [2.24, 2.45) is 0 Å². The molecule has 2 aromatic heterocycles. The van der Waals surface area contributed by atoms with E-state index in [0.29, 0.717) is 12.5 Å². The van der Waals surface area contributed by atoms with Gasteiger partial charge in [0.1, 0.15) is 0 Å². The van der Waals surface area contributed by atoms with Gasteiger partial charge in [-0.3, -0.25) is 0 Å². The lowest BCUT2D eigenvalue weighted by Gasteiger charge is -2.03. The molecular weight excluding hydrogens is 255 g/mol. The van der Waals surface area contributed by atoms with Gasteiger partial charge in [-0.25, -0.2) is 14.4 Å². The largest absolute Gasteiger partial charge is 0.361 e. The average Bonchev–Trinajstić information content (AvgIpc) is 2.83. The van der Waals surface area contributed by atoms with Crippen molar-refractivity contribution in [2.75, 3.05) is 11.9 Å². The van der Waals surface area contributed by atoms with Crippen LogP contribution in [-0.4, -0.2) is 21.5 Å². The molecule has 0 spiro atoms. The Hall–Kier alpha value is -2.43. The molecule has 5 heteroatoms. The summed E-state index contributed by atoms with van der Waals surface area (Å²) in [6, 6.07) is 6.37. The second-order valence-corrected chi connectivity index (χ2v) is 4.76. The number of anilines is 1. The van der Waals surface area contributed by atoms with Crippen molar-refractivity contribution in [2.45, 2.75) is 13.3 Å². The first-order chi connectivity index (χ1) is 9.72. The number of benzene rings is 1. The first-order valence-corrected chi connectivity index (χ1v) is 6.50. The number of aromatic nitrogens is 3. The van der Waals surface area contributed by atoms with Crippen molar-refractivity contribution in [3.05, 3.63) is 53.7 Å². The maximum Gasteiger partial charge on any atom is 0.222 e. The Morgan fingerprint density at radius 3 is 2.85 bits per heavy atom. The summed E-state index contributed by atoms with van der Waals surface area (Å²) < 4.78 is 12.7. The second kappa shape index (κ2) is 5.28. The van der Waals surface area contributed by atoms with Crippen molar-refractivity contribution in [1.29, 1.82) is 0 Å². The van der Waals surface area contributed by atoms with Gasteiger partial charge in [0.25, 0.3) is 0 Å². The molecule has 0 saturated heterocycles. The lowest BCUT2D eigenvalue weighted by Crippen LogP contribution is -2.07. The Balaban J connectivity index is 1.66. The molecule has 0 amide bonds. The van der Waals surface area contributed by atoms with Gasteiger partial charge in [-0.15, -0.1) is 0 Å². The number of halogens is 1. The van der Waals surface area contributed by atoms with Crippen LogP contribution in [0.4, 0.5) is 10.3 Å². The molecule has 3 rings (SSSR count). The van der Waals surface area contributed by atoms with Crippen LogP contribution in [0, 0.1) is 12.7 Å². The molecule has 0 fully saturated rings. The normalized spacial score (nSPS) is 10.9. The third kappa shape index (κ3) is 2.61. The minimum absolute atomic E-state index is 0.428. The Morgan fingerprint density at radius 2 is 2.05 bits per heavy atom. The summed E-state index contributed by atoms with van der Waals surface area (Å²) in [7, 11) is 0. The van der Waals surface area contributed by atoms with Crippen LogP contribution in [0.2, 0.25) is 0 Å². The zero-order valence-corrected chi connectivity index (χ0v) is 11.2. The van der Waals surface area contributed by atoms with Crippen molar-refractivity contribution in [1.82, 2.24) is 15.0 Å². The summed E-state index contributed by atoms with van der Waals surface area (Å²) in [6.45, 7) is 2.78. The predicted molar refractivity (Wildman–Crippen MR) is 77.2 cm³/mol. The topological polar surface area (TPSA) is 53.6 Å². The van der Waals surface area contributed by atoms with E-state index < -0.39 is 5.82 Å². The number of rotatable bonds is 4. The number of H-pyrrole nitrogens is 1. The van der Waals surface area contributed by atoms with E-state index in [0.717, 1.165) is 24.3 Å². The Morgan fingerprint density at radius 1 is 1.25 bits per heavy atom. The first-order valence-electron chi connectivity index (χ1n) is 6.50. The van der Waals surface area contributed by atoms with E-state index in [1.165, 1.54) is 16.5 Å². The van der Waals surface area contributed by atoms with Gasteiger partial charge >= 0.3 is 0 Å². The van der Waals surface area contributed by atoms with Crippen LogP contribution in [0.25, 0.3) is 10.9 Å². The van der Waals surface area contributed by atoms with Gasteiger partial charge in [0, 0.05) is 23.6 Å². The van der Waals surface area contributed by atoms with Gasteiger partial charge in [0.2, 0.25) is 5.95 Å². The average molecular weight is 270 g/mol. The molecule has 0 aliphatic rings. The number of aromatic amines is 1. The van der Waals surface area contributed by atoms with Crippen molar-refractivity contribution in [3.63, 3.8) is 0 Å². The third-order valence-corrected chi connectivity index (χ3v) is 3.22. The number of aryl methyl sites for hydroxylation is 1. The molecule has 102 valence electrons. The molecular formula is C15H15FN4. The van der Waals surface area contributed by atoms with Gasteiger partial charge in [-0.2, -0.15) is 0 Å². The maximum atomic E-state index is 12.7. The molecule has 3 aromatic rings. The summed E-state index contributed by atoms with van der Waals surface area (Å²) in [4.78, 5) is 11.0. The lowest BCUT2D eigenvalue weighted by atomic mass is 10.1. The quantitative estimate of drug-likeness (QED) is 0.766. The minimum Gasteiger partial charge on any atom is -0.361 e. The van der Waals surface area contributed by atoms with Gasteiger partial charge < -0.3 is 10.3 Å². The summed E-state index contributed by atoms with van der Waals surface area (Å²) in [5, 5.41) is 4.32. The lowest BCUT2D eigenvalue weighted by molar-refractivity contribution is 0.614. The summed E-state index contributed by atoms with van der Waals surface area (Å²) >= 11 is 0. The predicted octanol–water partition coefficient (Wildman–Crippen LogP) is 3.06. The van der Waals surface area contributed by atoms with Gasteiger partial charge in [0.15, 0.2) is 5.82 Å². The third-order valence-electron chi connectivity index (χ3n) is 3.22. The van der Waals surface area contributed by atoms with Crippen LogP contribution < -0.4 is 5.32 Å². The zero-order chi connectivity index (χ0) is 13.9. The van der Waals surface area contributed by atoms with Crippen LogP contribution in [0.1, 0.15) is 11.1 Å². The highest BCUT2D eigenvalue weighted by Gasteiger charge is 2.04. The van der Waals surface area contributed by atoms with E-state index in [1.807, 2.05) is 6.20 Å². The number of hydrogen-bond donors (Lipinski definition) is 2. The molecule has 1 aromatic carbocycles. The van der Waals surface area contributed by atoms with Gasteiger partial charge in [-0.05, 0) is 30.5 Å². The Bertz CT molecular complexity index is 718. The SMILES string of the molecule is Cc1ccc2c(CCNc3ncc(F)cn3)c[nH]c2c1. The second-order valence-electron chi connectivity index (χ2n) is 4.76. The van der Waals surface area contributed by atoms with Crippen LogP contribution in [-0.2, 0) is 6.42 Å². The van der Waals surface area contributed by atoms with E-state index in [-0.39, 0.29) is 0 Å². The highest BCUT2D eigenvalue weighted by Crippen LogP contribution is 2.19. The van der Waals surface area contributed by atoms with E-state index in [9.17, 15) is 4.39 Å². The van der Waals surface area contributed by atoms with Crippen LogP contribution in [0.15, 0.2) is 36.8 Å². The maximum absolute atomic E-state index is 12.7. The van der Waals surface area contributed by atoms with Crippen LogP contribution in [0.3, 0.4) is 0 Å². The van der Waals surface area contributed by atoms with E-state index in [1.54, 1.807) is 0 Å². The molecule has 0 bridgehead atoms. The van der Waals surface area contributed by atoms with E-state index >= 15 is 0 Å². The molecule has 0 atom stereocenters. The molecule has 0 aliphatic heterocycles. The van der Waals surface area contributed by atoms with Crippen molar-refractivity contribution < 1.29 is 4.39 Å². The number of nitrogens with zero attached hydrogens (tertiary/aromatic N) is 2. The monoisotopic (exact) mass is 270 g/mol. The molecule has 4 nitrogen and oxygen atoms in total. The van der Waals surface area contributed by atoms with Gasteiger partial charge in [-0.1, -0.05) is 12.1 Å². The molecule has 0 radical (unpaired) electrons. The molecule has 0 unspecified atom stereocenters. The number of fused-ring (bicyclic) bond motifs is 1. The number of hydrogen-bond acceptors (Lipinski definition) is 3. The standard InChI is InChI=1S/C15H15FN4/c1-10-2-3-13-11(7-18-14(13)6-10)4-5-17-15-19-8-12(16)9-20-15/h2-3,6-9,18H,4-5H2,1H3,(H,17,19,20). The highest BCUT2D eigenvalue weighted by molar-refractivity contribution is 5.83. The fourth-order valence-corrected chi connectivity index (χ4v) is 2.22. The molecule has 20 heavy (non-hydrogen) atoms. The first kappa shape index (κ1) is 12.6. The molecule has 2 heterocycles. The van der Waals surface area contributed by atoms with Crippen LogP contribution in [0.5, 0.6) is 0 Å². The molecule has 0 saturated carbocycles. The summed E-state index contributed by atoms with van der Waals surface area (Å²) in [5.74, 6) is 0.0182. The van der Waals surface area contributed by atoms with Crippen molar-refractivity contribution in [3.8, 4) is 0 Å². The highest BCUT2D eigenvalue weighted by atomic mass is 19.1. The minimum atomic E-state index is -0.428. The summed E-state index contributed by atoms with van der Waals surface area (Å²) in [5.41, 5.74) is 3.64. The fraction of sp³-hybridized carbons (Fsp3) is 0.200. The Labute approximate surface area is 116 Å². The van der Waals surface area contributed by atoms with Crippen LogP contribution >= 0.6 is 0 Å². The summed E-state index contributed by atoms with van der Waals surface area (Å²) in [6.07, 6.45) is 5.19. The van der Waals surface area contributed by atoms with E-state index in [2.05, 4.69) is 45.4 Å². The molecule has 0 aliphatic carbocycles.